The Hall–Kier alpha value is -2.55. The highest BCUT2D eigenvalue weighted by molar-refractivity contribution is 7.91. The summed E-state index contributed by atoms with van der Waals surface area (Å²) in [5, 5.41) is 2.97. The van der Waals surface area contributed by atoms with Crippen molar-refractivity contribution in [1.29, 1.82) is 0 Å². The quantitative estimate of drug-likeness (QED) is 0.795. The summed E-state index contributed by atoms with van der Waals surface area (Å²) >= 11 is 0. The van der Waals surface area contributed by atoms with Crippen molar-refractivity contribution in [2.75, 3.05) is 25.7 Å². The molecule has 3 rings (SSSR count). The van der Waals surface area contributed by atoms with E-state index in [4.69, 9.17) is 9.47 Å². The molecule has 2 heterocycles. The number of methoxy groups -OCH3 is 2. The zero-order valence-corrected chi connectivity index (χ0v) is 15.7. The van der Waals surface area contributed by atoms with Gasteiger partial charge in [-0.2, -0.15) is 0 Å². The molecule has 0 unspecified atom stereocenters. The van der Waals surface area contributed by atoms with E-state index in [9.17, 15) is 13.2 Å². The van der Waals surface area contributed by atoms with Gasteiger partial charge in [0.2, 0.25) is 0 Å². The summed E-state index contributed by atoms with van der Waals surface area (Å²) in [6, 6.07) is 4.84. The standard InChI is InChI=1S/C17H21N3O5S/c1-11-14(9-18-12-4-5-15(24-2)16(8-12)25-3)17(21)20(19-11)13-6-7-26(22,23)10-13/h4-5,8-9,13,19H,6-7,10H2,1-3H3/t13-/m1/s1. The maximum atomic E-state index is 12.6. The van der Waals surface area contributed by atoms with Crippen molar-refractivity contribution in [1.82, 2.24) is 9.78 Å². The molecule has 0 saturated carbocycles. The van der Waals surface area contributed by atoms with Crippen LogP contribution in [0.4, 0.5) is 5.69 Å². The van der Waals surface area contributed by atoms with Gasteiger partial charge in [-0.15, -0.1) is 0 Å². The first-order valence-electron chi connectivity index (χ1n) is 8.12. The van der Waals surface area contributed by atoms with Crippen molar-refractivity contribution in [2.45, 2.75) is 19.4 Å². The van der Waals surface area contributed by atoms with Crippen LogP contribution in [0.15, 0.2) is 28.0 Å². The molecular weight excluding hydrogens is 358 g/mol. The maximum Gasteiger partial charge on any atom is 0.275 e. The molecule has 140 valence electrons. The number of aromatic nitrogens is 2. The van der Waals surface area contributed by atoms with Gasteiger partial charge in [0.1, 0.15) is 0 Å². The van der Waals surface area contributed by atoms with Crippen molar-refractivity contribution in [3.05, 3.63) is 39.8 Å². The Morgan fingerprint density at radius 3 is 2.62 bits per heavy atom. The number of ether oxygens (including phenoxy) is 2. The predicted molar refractivity (Wildman–Crippen MR) is 98.9 cm³/mol. The number of nitrogens with one attached hydrogen (secondary N) is 1. The van der Waals surface area contributed by atoms with Gasteiger partial charge in [-0.3, -0.25) is 14.9 Å². The molecule has 1 fully saturated rings. The fourth-order valence-corrected chi connectivity index (χ4v) is 4.71. The summed E-state index contributed by atoms with van der Waals surface area (Å²) < 4.78 is 35.1. The lowest BCUT2D eigenvalue weighted by molar-refractivity contribution is 0.355. The van der Waals surface area contributed by atoms with Crippen molar-refractivity contribution in [2.24, 2.45) is 4.99 Å². The molecule has 0 radical (unpaired) electrons. The molecule has 1 aromatic heterocycles. The van der Waals surface area contributed by atoms with Crippen molar-refractivity contribution in [3.63, 3.8) is 0 Å². The van der Waals surface area contributed by atoms with Gasteiger partial charge in [-0.25, -0.2) is 13.1 Å². The minimum absolute atomic E-state index is 0.0148. The molecule has 26 heavy (non-hydrogen) atoms. The highest BCUT2D eigenvalue weighted by atomic mass is 32.2. The topological polar surface area (TPSA) is 103 Å². The van der Waals surface area contributed by atoms with Crippen LogP contribution in [0.5, 0.6) is 11.5 Å². The summed E-state index contributed by atoms with van der Waals surface area (Å²) in [5.74, 6) is 1.23. The Kier molecular flexibility index (Phi) is 4.90. The zero-order valence-electron chi connectivity index (χ0n) is 14.9. The van der Waals surface area contributed by atoms with Crippen LogP contribution < -0.4 is 15.0 Å². The predicted octanol–water partition coefficient (Wildman–Crippen LogP) is 1.61. The number of aromatic amines is 1. The van der Waals surface area contributed by atoms with Gasteiger partial charge in [-0.05, 0) is 25.5 Å². The van der Waals surface area contributed by atoms with Crippen LogP contribution in [-0.2, 0) is 9.84 Å². The number of sulfone groups is 1. The molecule has 0 bridgehead atoms. The molecule has 1 aliphatic heterocycles. The van der Waals surface area contributed by atoms with Gasteiger partial charge < -0.3 is 9.47 Å². The van der Waals surface area contributed by atoms with E-state index in [1.54, 1.807) is 32.2 Å². The highest BCUT2D eigenvalue weighted by Crippen LogP contribution is 2.31. The van der Waals surface area contributed by atoms with E-state index in [2.05, 4.69) is 10.1 Å². The normalized spacial score (nSPS) is 19.1. The summed E-state index contributed by atoms with van der Waals surface area (Å²) in [7, 11) is 0.0162. The minimum atomic E-state index is -3.07. The Balaban J connectivity index is 1.89. The molecule has 1 N–H and O–H groups in total. The fourth-order valence-electron chi connectivity index (χ4n) is 3.01. The molecule has 9 heteroatoms. The fraction of sp³-hybridized carbons (Fsp3) is 0.412. The summed E-state index contributed by atoms with van der Waals surface area (Å²) in [5.41, 5.74) is 1.39. The Morgan fingerprint density at radius 1 is 1.27 bits per heavy atom. The lowest BCUT2D eigenvalue weighted by Gasteiger charge is -2.07. The van der Waals surface area contributed by atoms with Crippen molar-refractivity contribution >= 4 is 21.7 Å². The smallest absolute Gasteiger partial charge is 0.275 e. The van der Waals surface area contributed by atoms with Crippen LogP contribution in [0.2, 0.25) is 0 Å². The van der Waals surface area contributed by atoms with Crippen LogP contribution in [0.25, 0.3) is 0 Å². The van der Waals surface area contributed by atoms with E-state index in [1.807, 2.05) is 0 Å². The third-order valence-corrected chi connectivity index (χ3v) is 6.18. The molecule has 1 aliphatic rings. The van der Waals surface area contributed by atoms with Crippen molar-refractivity contribution < 1.29 is 17.9 Å². The summed E-state index contributed by atoms with van der Waals surface area (Å²) in [6.07, 6.45) is 1.92. The maximum absolute atomic E-state index is 12.6. The molecule has 1 aromatic carbocycles. The molecule has 8 nitrogen and oxygen atoms in total. The number of hydrogen-bond acceptors (Lipinski definition) is 6. The Bertz CT molecular complexity index is 1000. The Morgan fingerprint density at radius 2 is 2.00 bits per heavy atom. The number of aryl methyl sites for hydroxylation is 1. The molecule has 1 atom stereocenters. The zero-order chi connectivity index (χ0) is 18.9. The van der Waals surface area contributed by atoms with E-state index in [0.29, 0.717) is 34.9 Å². The van der Waals surface area contributed by atoms with Gasteiger partial charge in [0.05, 0.1) is 43.0 Å². The van der Waals surface area contributed by atoms with Crippen LogP contribution in [0, 0.1) is 6.92 Å². The number of rotatable bonds is 5. The summed E-state index contributed by atoms with van der Waals surface area (Å²) in [6.45, 7) is 1.76. The van der Waals surface area contributed by atoms with Crippen LogP contribution >= 0.6 is 0 Å². The first kappa shape index (κ1) is 18.2. The molecule has 0 aliphatic carbocycles. The van der Waals surface area contributed by atoms with Gasteiger partial charge >= 0.3 is 0 Å². The van der Waals surface area contributed by atoms with Crippen LogP contribution in [0.3, 0.4) is 0 Å². The first-order valence-corrected chi connectivity index (χ1v) is 9.94. The van der Waals surface area contributed by atoms with E-state index >= 15 is 0 Å². The highest BCUT2D eigenvalue weighted by Gasteiger charge is 2.31. The second-order valence-corrected chi connectivity index (χ2v) is 8.41. The lowest BCUT2D eigenvalue weighted by Crippen LogP contribution is -2.25. The SMILES string of the molecule is COc1ccc(N=Cc2c(C)[nH]n([C@@H]3CCS(=O)(=O)C3)c2=O)cc1OC. The van der Waals surface area contributed by atoms with Crippen LogP contribution in [0.1, 0.15) is 23.7 Å². The third-order valence-electron chi connectivity index (χ3n) is 4.42. The average Bonchev–Trinajstić information content (AvgIpc) is 3.11. The monoisotopic (exact) mass is 379 g/mol. The largest absolute Gasteiger partial charge is 0.493 e. The van der Waals surface area contributed by atoms with Gasteiger partial charge in [0.15, 0.2) is 21.3 Å². The first-order chi connectivity index (χ1) is 12.3. The molecule has 2 aromatic rings. The van der Waals surface area contributed by atoms with Gasteiger partial charge in [-0.1, -0.05) is 0 Å². The second-order valence-electron chi connectivity index (χ2n) is 6.18. The minimum Gasteiger partial charge on any atom is -0.493 e. The van der Waals surface area contributed by atoms with Crippen LogP contribution in [-0.4, -0.2) is 50.1 Å². The van der Waals surface area contributed by atoms with E-state index < -0.39 is 9.84 Å². The number of H-pyrrole nitrogens is 1. The van der Waals surface area contributed by atoms with Gasteiger partial charge in [0, 0.05) is 18.0 Å². The molecule has 0 amide bonds. The van der Waals surface area contributed by atoms with Gasteiger partial charge in [0.25, 0.3) is 5.56 Å². The van der Waals surface area contributed by atoms with E-state index in [0.717, 1.165) is 0 Å². The van der Waals surface area contributed by atoms with E-state index in [-0.39, 0.29) is 23.1 Å². The van der Waals surface area contributed by atoms with Crippen molar-refractivity contribution in [3.8, 4) is 11.5 Å². The second kappa shape index (κ2) is 6.99. The number of benzene rings is 1. The molecule has 0 spiro atoms. The average molecular weight is 379 g/mol. The lowest BCUT2D eigenvalue weighted by atomic mass is 10.2. The number of nitrogens with zero attached hydrogens (tertiary/aromatic N) is 2. The Labute approximate surface area is 151 Å². The third kappa shape index (κ3) is 3.52. The number of hydrogen-bond donors (Lipinski definition) is 1. The molecular formula is C17H21N3O5S. The summed E-state index contributed by atoms with van der Waals surface area (Å²) in [4.78, 5) is 17.0. The van der Waals surface area contributed by atoms with E-state index in [1.165, 1.54) is 18.0 Å². The molecule has 1 saturated heterocycles. The number of aliphatic imine (C=N–C) groups is 1.